The predicted molar refractivity (Wildman–Crippen MR) is 138 cm³/mol. The van der Waals surface area contributed by atoms with E-state index in [2.05, 4.69) is 22.9 Å². The standard InChI is InChI=1S/C24H20BrCl3O3S/c1-3-4-23-16(25)10-24(32-23)20(29)7-5-14-6-8-21(30-2)15(9-14)13-31-22-12-18(27)17(26)11-19(22)28/h5-12H,3-4,13H2,1-2H3/b7-5+. The third-order valence-electron chi connectivity index (χ3n) is 4.57. The van der Waals surface area contributed by atoms with Gasteiger partial charge in [-0.15, -0.1) is 11.3 Å². The first kappa shape index (κ1) is 25.1. The molecular formula is C24H20BrCl3O3S. The molecule has 0 aliphatic heterocycles. The predicted octanol–water partition coefficient (Wildman–Crippen LogP) is 8.91. The van der Waals surface area contributed by atoms with Gasteiger partial charge in [-0.25, -0.2) is 0 Å². The Morgan fingerprint density at radius 3 is 2.53 bits per heavy atom. The van der Waals surface area contributed by atoms with E-state index >= 15 is 0 Å². The quantitative estimate of drug-likeness (QED) is 0.145. The fourth-order valence-corrected chi connectivity index (χ4v) is 5.45. The molecule has 0 saturated carbocycles. The van der Waals surface area contributed by atoms with Crippen molar-refractivity contribution in [3.05, 3.63) is 82.9 Å². The number of ether oxygens (including phenoxy) is 2. The van der Waals surface area contributed by atoms with Crippen LogP contribution in [0.15, 0.2) is 46.9 Å². The van der Waals surface area contributed by atoms with Gasteiger partial charge in [-0.2, -0.15) is 0 Å². The van der Waals surface area contributed by atoms with Crippen molar-refractivity contribution < 1.29 is 14.3 Å². The molecule has 0 N–H and O–H groups in total. The Kier molecular flexibility index (Phi) is 9.09. The van der Waals surface area contributed by atoms with E-state index in [9.17, 15) is 4.79 Å². The zero-order valence-corrected chi connectivity index (χ0v) is 22.1. The van der Waals surface area contributed by atoms with Crippen LogP contribution in [0.2, 0.25) is 15.1 Å². The summed E-state index contributed by atoms with van der Waals surface area (Å²) in [5, 5.41) is 1.08. The van der Waals surface area contributed by atoms with Crippen LogP contribution in [0.4, 0.5) is 0 Å². The molecule has 0 fully saturated rings. The lowest BCUT2D eigenvalue weighted by atomic mass is 10.1. The van der Waals surface area contributed by atoms with E-state index in [0.29, 0.717) is 31.4 Å². The number of halogens is 4. The third kappa shape index (κ3) is 6.30. The molecule has 3 nitrogen and oxygen atoms in total. The third-order valence-corrected chi connectivity index (χ3v) is 7.76. The summed E-state index contributed by atoms with van der Waals surface area (Å²) < 4.78 is 12.3. The maximum atomic E-state index is 12.6. The Balaban J connectivity index is 1.76. The summed E-state index contributed by atoms with van der Waals surface area (Å²) in [6.07, 6.45) is 5.35. The van der Waals surface area contributed by atoms with Gasteiger partial charge < -0.3 is 9.47 Å². The van der Waals surface area contributed by atoms with Gasteiger partial charge >= 0.3 is 0 Å². The summed E-state index contributed by atoms with van der Waals surface area (Å²) >= 11 is 23.3. The SMILES string of the molecule is CCCc1sc(C(=O)/C=C/c2ccc(OC)c(COc3cc(Cl)c(Cl)cc3Cl)c2)cc1Br. The number of ketones is 1. The summed E-state index contributed by atoms with van der Waals surface area (Å²) in [6, 6.07) is 10.6. The normalized spacial score (nSPS) is 11.2. The minimum absolute atomic E-state index is 0.0331. The Labute approximate surface area is 215 Å². The lowest BCUT2D eigenvalue weighted by Gasteiger charge is -2.13. The number of thiophene rings is 1. The van der Waals surface area contributed by atoms with Gasteiger partial charge in [0, 0.05) is 21.0 Å². The number of benzene rings is 2. The fraction of sp³-hybridized carbons (Fsp3) is 0.208. The molecule has 0 amide bonds. The van der Waals surface area contributed by atoms with Crippen LogP contribution in [-0.4, -0.2) is 12.9 Å². The highest BCUT2D eigenvalue weighted by molar-refractivity contribution is 9.10. The van der Waals surface area contributed by atoms with Gasteiger partial charge in [0.15, 0.2) is 5.78 Å². The molecule has 3 aromatic rings. The first-order chi connectivity index (χ1) is 15.3. The number of carbonyl (C=O) groups is 1. The first-order valence-electron chi connectivity index (χ1n) is 9.77. The van der Waals surface area contributed by atoms with Crippen LogP contribution in [0.25, 0.3) is 6.08 Å². The number of hydrogen-bond acceptors (Lipinski definition) is 4. The second-order valence-electron chi connectivity index (χ2n) is 6.89. The molecule has 0 radical (unpaired) electrons. The van der Waals surface area contributed by atoms with Crippen molar-refractivity contribution in [2.24, 2.45) is 0 Å². The molecule has 0 aliphatic rings. The average Bonchev–Trinajstić information content (AvgIpc) is 3.14. The molecule has 0 atom stereocenters. The van der Waals surface area contributed by atoms with Crippen LogP contribution in [0, 0.1) is 0 Å². The Morgan fingerprint density at radius 2 is 1.81 bits per heavy atom. The molecule has 1 aromatic heterocycles. The van der Waals surface area contributed by atoms with E-state index in [-0.39, 0.29) is 12.4 Å². The van der Waals surface area contributed by atoms with Crippen molar-refractivity contribution in [3.8, 4) is 11.5 Å². The molecule has 2 aromatic carbocycles. The summed E-state index contributed by atoms with van der Waals surface area (Å²) in [6.45, 7) is 2.32. The smallest absolute Gasteiger partial charge is 0.195 e. The van der Waals surface area contributed by atoms with Gasteiger partial charge in [0.05, 0.1) is 27.1 Å². The van der Waals surface area contributed by atoms with Gasteiger partial charge in [-0.3, -0.25) is 4.79 Å². The van der Waals surface area contributed by atoms with Gasteiger partial charge in [-0.05, 0) is 58.3 Å². The molecule has 0 spiro atoms. The average molecular weight is 575 g/mol. The molecule has 3 rings (SSSR count). The molecule has 8 heteroatoms. The zero-order valence-electron chi connectivity index (χ0n) is 17.4. The molecule has 0 aliphatic carbocycles. The summed E-state index contributed by atoms with van der Waals surface area (Å²) in [7, 11) is 1.59. The molecular weight excluding hydrogens is 555 g/mol. The van der Waals surface area contributed by atoms with Crippen LogP contribution in [0.5, 0.6) is 11.5 Å². The Hall–Kier alpha value is -1.50. The van der Waals surface area contributed by atoms with Crippen molar-refractivity contribution in [1.29, 1.82) is 0 Å². The van der Waals surface area contributed by atoms with Crippen molar-refractivity contribution in [1.82, 2.24) is 0 Å². The first-order valence-corrected chi connectivity index (χ1v) is 12.5. The number of hydrogen-bond donors (Lipinski definition) is 0. The molecule has 1 heterocycles. The van der Waals surface area contributed by atoms with Crippen molar-refractivity contribution in [2.75, 3.05) is 7.11 Å². The maximum absolute atomic E-state index is 12.6. The second kappa shape index (κ2) is 11.6. The van der Waals surface area contributed by atoms with E-state index < -0.39 is 0 Å². The van der Waals surface area contributed by atoms with Crippen LogP contribution in [-0.2, 0) is 13.0 Å². The minimum Gasteiger partial charge on any atom is -0.496 e. The van der Waals surface area contributed by atoms with E-state index in [1.54, 1.807) is 25.3 Å². The molecule has 168 valence electrons. The summed E-state index contributed by atoms with van der Waals surface area (Å²) in [5.74, 6) is 1.05. The Morgan fingerprint density at radius 1 is 1.06 bits per heavy atom. The summed E-state index contributed by atoms with van der Waals surface area (Å²) in [4.78, 5) is 14.5. The van der Waals surface area contributed by atoms with Crippen LogP contribution in [0.1, 0.15) is 39.0 Å². The molecule has 0 bridgehead atoms. The number of carbonyl (C=O) groups excluding carboxylic acids is 1. The highest BCUT2D eigenvalue weighted by Crippen LogP contribution is 2.35. The topological polar surface area (TPSA) is 35.5 Å². The number of rotatable bonds is 9. The lowest BCUT2D eigenvalue weighted by molar-refractivity contribution is 0.105. The number of methoxy groups -OCH3 is 1. The largest absolute Gasteiger partial charge is 0.496 e. The van der Waals surface area contributed by atoms with Crippen molar-refractivity contribution >= 4 is 73.9 Å². The highest BCUT2D eigenvalue weighted by atomic mass is 79.9. The van der Waals surface area contributed by atoms with E-state index in [4.69, 9.17) is 44.3 Å². The lowest BCUT2D eigenvalue weighted by Crippen LogP contribution is -2.00. The minimum atomic E-state index is -0.0331. The zero-order chi connectivity index (χ0) is 23.3. The second-order valence-corrected chi connectivity index (χ2v) is 10.1. The van der Waals surface area contributed by atoms with E-state index in [0.717, 1.165) is 28.4 Å². The molecule has 32 heavy (non-hydrogen) atoms. The molecule has 0 saturated heterocycles. The number of aryl methyl sites for hydroxylation is 1. The highest BCUT2D eigenvalue weighted by Gasteiger charge is 2.12. The van der Waals surface area contributed by atoms with E-state index in [1.165, 1.54) is 22.3 Å². The van der Waals surface area contributed by atoms with Crippen molar-refractivity contribution in [2.45, 2.75) is 26.4 Å². The van der Waals surface area contributed by atoms with Crippen molar-refractivity contribution in [3.63, 3.8) is 0 Å². The maximum Gasteiger partial charge on any atom is 0.195 e. The van der Waals surface area contributed by atoms with Crippen LogP contribution >= 0.6 is 62.1 Å². The van der Waals surface area contributed by atoms with E-state index in [1.807, 2.05) is 24.3 Å². The fourth-order valence-electron chi connectivity index (χ4n) is 2.96. The van der Waals surface area contributed by atoms with Crippen LogP contribution in [0.3, 0.4) is 0 Å². The van der Waals surface area contributed by atoms with Gasteiger partial charge in [0.25, 0.3) is 0 Å². The van der Waals surface area contributed by atoms with Gasteiger partial charge in [-0.1, -0.05) is 60.3 Å². The monoisotopic (exact) mass is 572 g/mol. The van der Waals surface area contributed by atoms with Crippen LogP contribution < -0.4 is 9.47 Å². The Bertz CT molecular complexity index is 1160. The van der Waals surface area contributed by atoms with Gasteiger partial charge in [0.2, 0.25) is 0 Å². The molecule has 0 unspecified atom stereocenters. The summed E-state index contributed by atoms with van der Waals surface area (Å²) in [5.41, 5.74) is 1.65. The number of allylic oxidation sites excluding steroid dienone is 1. The van der Waals surface area contributed by atoms with Gasteiger partial charge in [0.1, 0.15) is 18.1 Å².